The number of rotatable bonds is 7. The summed E-state index contributed by atoms with van der Waals surface area (Å²) in [6.07, 6.45) is 1.91. The lowest BCUT2D eigenvalue weighted by atomic mass is 10.2. The number of sulfonamides is 1. The number of hydrogen-bond donors (Lipinski definition) is 1. The molecule has 118 valence electrons. The van der Waals surface area contributed by atoms with Gasteiger partial charge in [-0.1, -0.05) is 6.92 Å². The number of carbonyl (C=O) groups is 1. The third-order valence-corrected chi connectivity index (χ3v) is 4.27. The number of carbonyl (C=O) groups excluding carboxylic acids is 1. The van der Waals surface area contributed by atoms with Crippen LogP contribution >= 0.6 is 0 Å². The van der Waals surface area contributed by atoms with Crippen molar-refractivity contribution in [2.24, 2.45) is 0 Å². The first kappa shape index (κ1) is 17.4. The molecule has 1 amide bonds. The lowest BCUT2D eigenvalue weighted by molar-refractivity contribution is -0.121. The Morgan fingerprint density at radius 1 is 1.33 bits per heavy atom. The predicted molar refractivity (Wildman–Crippen MR) is 81.1 cm³/mol. The summed E-state index contributed by atoms with van der Waals surface area (Å²) in [5, 5.41) is 2.78. The highest BCUT2D eigenvalue weighted by molar-refractivity contribution is 7.92. The van der Waals surface area contributed by atoms with Crippen molar-refractivity contribution in [3.05, 3.63) is 30.1 Å². The van der Waals surface area contributed by atoms with Gasteiger partial charge in [0.05, 0.1) is 11.9 Å². The molecule has 0 spiro atoms. The quantitative estimate of drug-likeness (QED) is 0.835. The van der Waals surface area contributed by atoms with E-state index in [1.54, 1.807) is 0 Å². The zero-order chi connectivity index (χ0) is 16.0. The summed E-state index contributed by atoms with van der Waals surface area (Å²) < 4.78 is 37.6. The summed E-state index contributed by atoms with van der Waals surface area (Å²) >= 11 is 0. The molecule has 1 N–H and O–H groups in total. The molecule has 1 atom stereocenters. The molecule has 1 aromatic rings. The van der Waals surface area contributed by atoms with Gasteiger partial charge in [-0.2, -0.15) is 0 Å². The van der Waals surface area contributed by atoms with Crippen molar-refractivity contribution < 1.29 is 17.6 Å². The topological polar surface area (TPSA) is 66.5 Å². The highest BCUT2D eigenvalue weighted by Crippen LogP contribution is 2.18. The molecule has 0 aliphatic heterocycles. The van der Waals surface area contributed by atoms with Crippen LogP contribution in [-0.2, 0) is 14.8 Å². The van der Waals surface area contributed by atoms with E-state index >= 15 is 0 Å². The van der Waals surface area contributed by atoms with Gasteiger partial charge in [-0.25, -0.2) is 12.8 Å². The fraction of sp³-hybridized carbons (Fsp3) is 0.500. The molecular formula is C14H21FN2O3S. The van der Waals surface area contributed by atoms with Gasteiger partial charge < -0.3 is 5.32 Å². The van der Waals surface area contributed by atoms with E-state index in [4.69, 9.17) is 0 Å². The van der Waals surface area contributed by atoms with Crippen molar-refractivity contribution >= 4 is 21.6 Å². The van der Waals surface area contributed by atoms with E-state index in [2.05, 4.69) is 5.32 Å². The van der Waals surface area contributed by atoms with Crippen LogP contribution in [0.25, 0.3) is 0 Å². The monoisotopic (exact) mass is 316 g/mol. The van der Waals surface area contributed by atoms with Gasteiger partial charge >= 0.3 is 0 Å². The van der Waals surface area contributed by atoms with Gasteiger partial charge in [0.15, 0.2) is 0 Å². The fourth-order valence-electron chi connectivity index (χ4n) is 1.75. The largest absolute Gasteiger partial charge is 0.354 e. The lowest BCUT2D eigenvalue weighted by Gasteiger charge is -2.22. The van der Waals surface area contributed by atoms with Crippen LogP contribution in [0.3, 0.4) is 0 Å². The number of amides is 1. The average Bonchev–Trinajstić information content (AvgIpc) is 2.39. The Bertz CT molecular complexity index is 572. The molecule has 0 radical (unpaired) electrons. The van der Waals surface area contributed by atoms with E-state index in [0.717, 1.165) is 17.0 Å². The zero-order valence-electron chi connectivity index (χ0n) is 12.5. The van der Waals surface area contributed by atoms with E-state index in [1.165, 1.54) is 24.3 Å². The molecule has 5 nitrogen and oxygen atoms in total. The molecule has 0 aliphatic carbocycles. The summed E-state index contributed by atoms with van der Waals surface area (Å²) in [6.45, 7) is 3.85. The van der Waals surface area contributed by atoms with Crippen LogP contribution < -0.4 is 9.62 Å². The minimum absolute atomic E-state index is 0.0206. The summed E-state index contributed by atoms with van der Waals surface area (Å²) in [4.78, 5) is 11.7. The van der Waals surface area contributed by atoms with Crippen LogP contribution in [0, 0.1) is 5.82 Å². The van der Waals surface area contributed by atoms with Gasteiger partial charge in [-0.3, -0.25) is 9.10 Å². The molecule has 0 bridgehead atoms. The number of anilines is 1. The summed E-state index contributed by atoms with van der Waals surface area (Å²) in [7, 11) is -3.53. The highest BCUT2D eigenvalue weighted by Gasteiger charge is 2.19. The smallest absolute Gasteiger partial charge is 0.232 e. The van der Waals surface area contributed by atoms with Crippen molar-refractivity contribution in [3.8, 4) is 0 Å². The van der Waals surface area contributed by atoms with E-state index in [0.29, 0.717) is 5.69 Å². The Morgan fingerprint density at radius 2 is 1.90 bits per heavy atom. The highest BCUT2D eigenvalue weighted by atomic mass is 32.2. The first-order valence-corrected chi connectivity index (χ1v) is 8.61. The Balaban J connectivity index is 2.77. The van der Waals surface area contributed by atoms with Crippen LogP contribution in [-0.4, -0.2) is 33.2 Å². The number of benzene rings is 1. The zero-order valence-corrected chi connectivity index (χ0v) is 13.3. The van der Waals surface area contributed by atoms with E-state index < -0.39 is 15.8 Å². The van der Waals surface area contributed by atoms with Crippen LogP contribution in [0.2, 0.25) is 0 Å². The Morgan fingerprint density at radius 3 is 2.38 bits per heavy atom. The summed E-state index contributed by atoms with van der Waals surface area (Å²) in [5.41, 5.74) is 0.343. The molecule has 0 aliphatic rings. The second-order valence-corrected chi connectivity index (χ2v) is 6.85. The maximum absolute atomic E-state index is 12.9. The maximum atomic E-state index is 12.9. The maximum Gasteiger partial charge on any atom is 0.232 e. The first-order chi connectivity index (χ1) is 9.74. The van der Waals surface area contributed by atoms with E-state index in [9.17, 15) is 17.6 Å². The molecule has 7 heteroatoms. The molecule has 0 saturated carbocycles. The Hall–Kier alpha value is -1.63. The van der Waals surface area contributed by atoms with Crippen molar-refractivity contribution in [1.29, 1.82) is 0 Å². The van der Waals surface area contributed by atoms with Gasteiger partial charge in [0.1, 0.15) is 5.82 Å². The van der Waals surface area contributed by atoms with Crippen LogP contribution in [0.4, 0.5) is 10.1 Å². The van der Waals surface area contributed by atoms with Crippen molar-refractivity contribution in [2.75, 3.05) is 17.1 Å². The predicted octanol–water partition coefficient (Wildman–Crippen LogP) is 1.90. The first-order valence-electron chi connectivity index (χ1n) is 6.76. The SMILES string of the molecule is CCC(C)NC(=O)CCN(c1ccc(F)cc1)S(C)(=O)=O. The second kappa shape index (κ2) is 7.40. The number of nitrogens with zero attached hydrogens (tertiary/aromatic N) is 1. The van der Waals surface area contributed by atoms with Gasteiger partial charge in [-0.05, 0) is 37.6 Å². The molecular weight excluding hydrogens is 295 g/mol. The normalized spacial score (nSPS) is 12.8. The molecule has 1 aromatic carbocycles. The van der Waals surface area contributed by atoms with Gasteiger partial charge in [-0.15, -0.1) is 0 Å². The number of halogens is 1. The number of hydrogen-bond acceptors (Lipinski definition) is 3. The minimum Gasteiger partial charge on any atom is -0.354 e. The van der Waals surface area contributed by atoms with Crippen LogP contribution in [0.15, 0.2) is 24.3 Å². The standard InChI is InChI=1S/C14H21FN2O3S/c1-4-11(2)16-14(18)9-10-17(21(3,19)20)13-7-5-12(15)6-8-13/h5-8,11H,4,9-10H2,1-3H3,(H,16,18). The molecule has 1 unspecified atom stereocenters. The number of nitrogens with one attached hydrogen (secondary N) is 1. The van der Waals surface area contributed by atoms with Gasteiger partial charge in [0.2, 0.25) is 15.9 Å². The van der Waals surface area contributed by atoms with Crippen molar-refractivity contribution in [1.82, 2.24) is 5.32 Å². The van der Waals surface area contributed by atoms with Crippen LogP contribution in [0.5, 0.6) is 0 Å². The van der Waals surface area contributed by atoms with Crippen LogP contribution in [0.1, 0.15) is 26.7 Å². The fourth-order valence-corrected chi connectivity index (χ4v) is 2.67. The van der Waals surface area contributed by atoms with Gasteiger partial charge in [0, 0.05) is 19.0 Å². The molecule has 21 heavy (non-hydrogen) atoms. The molecule has 0 heterocycles. The molecule has 0 fully saturated rings. The second-order valence-electron chi connectivity index (χ2n) is 4.94. The molecule has 0 saturated heterocycles. The molecule has 1 rings (SSSR count). The Kier molecular flexibility index (Phi) is 6.14. The lowest BCUT2D eigenvalue weighted by Crippen LogP contribution is -2.37. The van der Waals surface area contributed by atoms with Crippen molar-refractivity contribution in [2.45, 2.75) is 32.7 Å². The van der Waals surface area contributed by atoms with Crippen molar-refractivity contribution in [3.63, 3.8) is 0 Å². The van der Waals surface area contributed by atoms with E-state index in [-0.39, 0.29) is 24.9 Å². The third kappa shape index (κ3) is 5.71. The third-order valence-electron chi connectivity index (χ3n) is 3.08. The minimum atomic E-state index is -3.53. The van der Waals surface area contributed by atoms with E-state index in [1.807, 2.05) is 13.8 Å². The summed E-state index contributed by atoms with van der Waals surface area (Å²) in [5.74, 6) is -0.651. The Labute approximate surface area is 125 Å². The average molecular weight is 316 g/mol. The summed E-state index contributed by atoms with van der Waals surface area (Å²) in [6, 6.07) is 5.18. The molecule has 0 aromatic heterocycles. The van der Waals surface area contributed by atoms with Gasteiger partial charge in [0.25, 0.3) is 0 Å².